The fourth-order valence-corrected chi connectivity index (χ4v) is 5.98. The van der Waals surface area contributed by atoms with E-state index >= 15 is 0 Å². The first kappa shape index (κ1) is 27.6. The van der Waals surface area contributed by atoms with Gasteiger partial charge in [0.05, 0.1) is 48.1 Å². The lowest BCUT2D eigenvalue weighted by atomic mass is 9.84. The van der Waals surface area contributed by atoms with Crippen molar-refractivity contribution in [2.24, 2.45) is 30.9 Å². The molecule has 0 bridgehead atoms. The molecule has 2 aliphatic heterocycles. The SMILES string of the molecule is COC1=Nc2ccc(C(O)(c3cnnn3C)c3cnc(C)n3C)cc2C(Cl)C1CN1CCC(C(F)(F)F)CC1. The third-order valence-electron chi connectivity index (χ3n) is 8.03. The molecule has 9 nitrogen and oxygen atoms in total. The first-order chi connectivity index (χ1) is 18.4. The van der Waals surface area contributed by atoms with Gasteiger partial charge < -0.3 is 19.3 Å². The van der Waals surface area contributed by atoms with Crippen molar-refractivity contribution >= 4 is 23.2 Å². The van der Waals surface area contributed by atoms with Crippen molar-refractivity contribution in [3.05, 3.63) is 58.9 Å². The topological polar surface area (TPSA) is 93.6 Å². The first-order valence-corrected chi connectivity index (χ1v) is 13.1. The van der Waals surface area contributed by atoms with Gasteiger partial charge in [0.15, 0.2) is 11.5 Å². The van der Waals surface area contributed by atoms with Crippen molar-refractivity contribution < 1.29 is 23.0 Å². The van der Waals surface area contributed by atoms with E-state index in [0.29, 0.717) is 53.7 Å². The zero-order chi connectivity index (χ0) is 28.1. The Kier molecular flexibility index (Phi) is 7.23. The number of nitrogens with zero attached hydrogens (tertiary/aromatic N) is 7. The predicted octanol–water partition coefficient (Wildman–Crippen LogP) is 4.00. The van der Waals surface area contributed by atoms with Gasteiger partial charge in [-0.25, -0.2) is 14.7 Å². The Morgan fingerprint density at radius 1 is 1.13 bits per heavy atom. The van der Waals surface area contributed by atoms with E-state index < -0.39 is 23.1 Å². The van der Waals surface area contributed by atoms with Crippen LogP contribution < -0.4 is 0 Å². The maximum Gasteiger partial charge on any atom is 0.391 e. The quantitative estimate of drug-likeness (QED) is 0.470. The summed E-state index contributed by atoms with van der Waals surface area (Å²) < 4.78 is 48.4. The molecular formula is C26H31ClF3N7O2. The van der Waals surface area contributed by atoms with Crippen LogP contribution in [-0.4, -0.2) is 73.4 Å². The Hall–Kier alpha value is -2.96. The number of hydrogen-bond donors (Lipinski definition) is 1. The van der Waals surface area contributed by atoms with E-state index in [1.165, 1.54) is 18.0 Å². The van der Waals surface area contributed by atoms with E-state index in [1.54, 1.807) is 29.9 Å². The van der Waals surface area contributed by atoms with E-state index in [-0.39, 0.29) is 18.8 Å². The molecule has 0 aliphatic carbocycles. The lowest BCUT2D eigenvalue weighted by Gasteiger charge is -2.37. The molecule has 2 aromatic heterocycles. The summed E-state index contributed by atoms with van der Waals surface area (Å²) in [5.41, 5.74) is 1.14. The van der Waals surface area contributed by atoms with Crippen molar-refractivity contribution in [2.45, 2.75) is 36.9 Å². The molecule has 1 N–H and O–H groups in total. The number of aryl methyl sites for hydroxylation is 2. The molecule has 0 radical (unpaired) electrons. The fourth-order valence-electron chi connectivity index (χ4n) is 5.62. The average molecular weight is 566 g/mol. The second kappa shape index (κ2) is 10.2. The summed E-state index contributed by atoms with van der Waals surface area (Å²) in [6, 6.07) is 5.38. The monoisotopic (exact) mass is 565 g/mol. The predicted molar refractivity (Wildman–Crippen MR) is 139 cm³/mol. The minimum atomic E-state index is -4.17. The van der Waals surface area contributed by atoms with Gasteiger partial charge in [0.1, 0.15) is 11.5 Å². The largest absolute Gasteiger partial charge is 0.484 e. The maximum absolute atomic E-state index is 13.2. The van der Waals surface area contributed by atoms with Crippen molar-refractivity contribution in [3.63, 3.8) is 0 Å². The number of imidazole rings is 1. The van der Waals surface area contributed by atoms with Crippen LogP contribution >= 0.6 is 11.6 Å². The lowest BCUT2D eigenvalue weighted by molar-refractivity contribution is -0.185. The number of ether oxygens (including phenoxy) is 1. The van der Waals surface area contributed by atoms with Crippen LogP contribution in [0.3, 0.4) is 0 Å². The molecule has 0 amide bonds. The number of halogens is 4. The minimum absolute atomic E-state index is 0.0548. The highest BCUT2D eigenvalue weighted by atomic mass is 35.5. The Balaban J connectivity index is 1.50. The fraction of sp³-hybridized carbons (Fsp3) is 0.538. The minimum Gasteiger partial charge on any atom is -0.484 e. The van der Waals surface area contributed by atoms with Gasteiger partial charge >= 0.3 is 6.18 Å². The van der Waals surface area contributed by atoms with Gasteiger partial charge in [0.2, 0.25) is 0 Å². The molecule has 3 unspecified atom stereocenters. The Labute approximate surface area is 229 Å². The normalized spacial score (nSPS) is 22.3. The highest BCUT2D eigenvalue weighted by molar-refractivity contribution is 6.23. The number of benzene rings is 1. The summed E-state index contributed by atoms with van der Waals surface area (Å²) in [6.07, 6.45) is -0.936. The van der Waals surface area contributed by atoms with Gasteiger partial charge in [-0.05, 0) is 56.1 Å². The molecule has 210 valence electrons. The zero-order valence-electron chi connectivity index (χ0n) is 22.2. The van der Waals surface area contributed by atoms with Gasteiger partial charge in [0, 0.05) is 20.6 Å². The van der Waals surface area contributed by atoms with E-state index in [1.807, 2.05) is 24.9 Å². The number of methoxy groups -OCH3 is 1. The van der Waals surface area contributed by atoms with Crippen molar-refractivity contribution in [2.75, 3.05) is 26.7 Å². The summed E-state index contributed by atoms with van der Waals surface area (Å²) in [5, 5.41) is 19.7. The van der Waals surface area contributed by atoms with Crippen LogP contribution in [-0.2, 0) is 24.4 Å². The van der Waals surface area contributed by atoms with Crippen LogP contribution in [0.4, 0.5) is 18.9 Å². The third-order valence-corrected chi connectivity index (χ3v) is 8.57. The van der Waals surface area contributed by atoms with Crippen molar-refractivity contribution in [1.29, 1.82) is 0 Å². The molecule has 5 rings (SSSR count). The van der Waals surface area contributed by atoms with E-state index in [4.69, 9.17) is 16.3 Å². The van der Waals surface area contributed by atoms with Crippen LogP contribution in [0.1, 0.15) is 46.6 Å². The van der Waals surface area contributed by atoms with Crippen LogP contribution in [0.25, 0.3) is 0 Å². The first-order valence-electron chi connectivity index (χ1n) is 12.7. The molecule has 3 aromatic rings. The van der Waals surface area contributed by atoms with E-state index in [2.05, 4.69) is 20.3 Å². The molecule has 0 saturated carbocycles. The lowest BCUT2D eigenvalue weighted by Crippen LogP contribution is -2.43. The molecule has 4 heterocycles. The summed E-state index contributed by atoms with van der Waals surface area (Å²) in [4.78, 5) is 11.1. The van der Waals surface area contributed by atoms with Gasteiger partial charge in [-0.1, -0.05) is 11.3 Å². The smallest absolute Gasteiger partial charge is 0.391 e. The second-order valence-electron chi connectivity index (χ2n) is 10.3. The number of alkyl halides is 4. The van der Waals surface area contributed by atoms with Crippen molar-refractivity contribution in [1.82, 2.24) is 29.4 Å². The number of aliphatic imine (C=N–C) groups is 1. The molecule has 13 heteroatoms. The average Bonchev–Trinajstić information content (AvgIpc) is 3.50. The maximum atomic E-state index is 13.2. The summed E-state index contributed by atoms with van der Waals surface area (Å²) in [5.74, 6) is -0.509. The summed E-state index contributed by atoms with van der Waals surface area (Å²) in [6.45, 7) is 2.89. The molecule has 0 spiro atoms. The number of aromatic nitrogens is 5. The molecule has 1 fully saturated rings. The molecule has 39 heavy (non-hydrogen) atoms. The van der Waals surface area contributed by atoms with Crippen LogP contribution in [0.15, 0.2) is 35.6 Å². The number of fused-ring (bicyclic) bond motifs is 1. The van der Waals surface area contributed by atoms with Crippen LogP contribution in [0.2, 0.25) is 0 Å². The Morgan fingerprint density at radius 2 is 1.85 bits per heavy atom. The van der Waals surface area contributed by atoms with Crippen LogP contribution in [0.5, 0.6) is 0 Å². The number of likely N-dealkylation sites (tertiary alicyclic amines) is 1. The van der Waals surface area contributed by atoms with Gasteiger partial charge in [-0.3, -0.25) is 0 Å². The molecule has 1 aromatic carbocycles. The standard InChI is InChI=1S/C26H31ClF3N7O2/c1-15-31-12-21(35(15)2)25(38,22-13-32-34-36(22)3)17-5-6-20-18(11-17)23(27)19(24(33-20)39-4)14-37-9-7-16(8-10-37)26(28,29)30/h5-6,11-13,16,19,23,38H,7-10,14H2,1-4H3. The molecular weight excluding hydrogens is 535 g/mol. The number of rotatable bonds is 5. The molecule has 3 atom stereocenters. The highest BCUT2D eigenvalue weighted by Crippen LogP contribution is 2.45. The van der Waals surface area contributed by atoms with Gasteiger partial charge in [-0.2, -0.15) is 13.2 Å². The zero-order valence-corrected chi connectivity index (χ0v) is 22.9. The Morgan fingerprint density at radius 3 is 2.41 bits per heavy atom. The number of piperidine rings is 1. The highest BCUT2D eigenvalue weighted by Gasteiger charge is 2.44. The summed E-state index contributed by atoms with van der Waals surface area (Å²) >= 11 is 7.07. The van der Waals surface area contributed by atoms with E-state index in [0.717, 1.165) is 5.82 Å². The number of hydrogen-bond acceptors (Lipinski definition) is 7. The van der Waals surface area contributed by atoms with Crippen molar-refractivity contribution in [3.8, 4) is 0 Å². The molecule has 2 aliphatic rings. The molecule has 1 saturated heterocycles. The van der Waals surface area contributed by atoms with Crippen LogP contribution in [0, 0.1) is 18.8 Å². The third kappa shape index (κ3) is 4.82. The van der Waals surface area contributed by atoms with E-state index in [9.17, 15) is 18.3 Å². The second-order valence-corrected chi connectivity index (χ2v) is 10.7. The Bertz CT molecular complexity index is 1380. The summed E-state index contributed by atoms with van der Waals surface area (Å²) in [7, 11) is 5.04. The van der Waals surface area contributed by atoms with Gasteiger partial charge in [0.25, 0.3) is 0 Å². The van der Waals surface area contributed by atoms with Gasteiger partial charge in [-0.15, -0.1) is 16.7 Å². The number of aliphatic hydroxyl groups is 1.